The van der Waals surface area contributed by atoms with Crippen molar-refractivity contribution in [3.8, 4) is 11.1 Å². The molecule has 0 spiro atoms. The van der Waals surface area contributed by atoms with Gasteiger partial charge >= 0.3 is 12.1 Å². The average molecular weight is 453 g/mol. The number of alkyl carbamates (subject to hydrolysis) is 1. The second-order valence-electron chi connectivity index (χ2n) is 8.61. The fourth-order valence-electron chi connectivity index (χ4n) is 4.49. The van der Waals surface area contributed by atoms with Gasteiger partial charge in [-0.25, -0.2) is 4.79 Å². The van der Waals surface area contributed by atoms with Gasteiger partial charge in [-0.2, -0.15) is 0 Å². The predicted molar refractivity (Wildman–Crippen MR) is 121 cm³/mol. The number of hydrogen-bond acceptors (Lipinski definition) is 5. The average Bonchev–Trinajstić information content (AvgIpc) is 3.39. The highest BCUT2D eigenvalue weighted by molar-refractivity contribution is 5.79. The zero-order valence-corrected chi connectivity index (χ0v) is 18.5. The number of carbonyl (C=O) groups excluding carboxylic acids is 2. The van der Waals surface area contributed by atoms with Crippen LogP contribution in [0.15, 0.2) is 48.5 Å². The van der Waals surface area contributed by atoms with E-state index in [2.05, 4.69) is 34.9 Å². The van der Waals surface area contributed by atoms with Crippen LogP contribution < -0.4 is 10.6 Å². The van der Waals surface area contributed by atoms with Gasteiger partial charge in [0.05, 0.1) is 18.6 Å². The Morgan fingerprint density at radius 2 is 1.73 bits per heavy atom. The summed E-state index contributed by atoms with van der Waals surface area (Å²) in [4.78, 5) is 35.5. The molecule has 1 fully saturated rings. The molecule has 0 saturated carbocycles. The molecule has 174 valence electrons. The molecule has 8 nitrogen and oxygen atoms in total. The molecular formula is C25H28N2O6. The molecule has 3 N–H and O–H groups in total. The number of carbonyl (C=O) groups is 3. The van der Waals surface area contributed by atoms with Crippen molar-refractivity contribution in [1.29, 1.82) is 0 Å². The first-order chi connectivity index (χ1) is 15.9. The minimum Gasteiger partial charge on any atom is -0.481 e. The van der Waals surface area contributed by atoms with Gasteiger partial charge in [-0.05, 0) is 35.6 Å². The Morgan fingerprint density at radius 1 is 1.09 bits per heavy atom. The van der Waals surface area contributed by atoms with E-state index in [0.717, 1.165) is 22.3 Å². The number of carboxylic acid groups (broad SMARTS) is 1. The summed E-state index contributed by atoms with van der Waals surface area (Å²) >= 11 is 0. The van der Waals surface area contributed by atoms with E-state index in [-0.39, 0.29) is 44.1 Å². The van der Waals surface area contributed by atoms with E-state index in [1.807, 2.05) is 24.3 Å². The Kier molecular flexibility index (Phi) is 6.93. The van der Waals surface area contributed by atoms with E-state index < -0.39 is 24.0 Å². The predicted octanol–water partition coefficient (Wildman–Crippen LogP) is 2.91. The summed E-state index contributed by atoms with van der Waals surface area (Å²) in [6, 6.07) is 15.8. The first-order valence-electron chi connectivity index (χ1n) is 11.1. The summed E-state index contributed by atoms with van der Waals surface area (Å²) in [6.07, 6.45) is -0.413. The van der Waals surface area contributed by atoms with Crippen LogP contribution >= 0.6 is 0 Å². The van der Waals surface area contributed by atoms with E-state index in [9.17, 15) is 14.4 Å². The van der Waals surface area contributed by atoms with Gasteiger partial charge in [0.25, 0.3) is 0 Å². The molecule has 1 unspecified atom stereocenters. The summed E-state index contributed by atoms with van der Waals surface area (Å²) in [5, 5.41) is 14.4. The smallest absolute Gasteiger partial charge is 0.407 e. The van der Waals surface area contributed by atoms with Crippen molar-refractivity contribution in [3.63, 3.8) is 0 Å². The third kappa shape index (κ3) is 5.34. The molecule has 1 aliphatic heterocycles. The summed E-state index contributed by atoms with van der Waals surface area (Å²) < 4.78 is 10.9. The van der Waals surface area contributed by atoms with E-state index in [1.165, 1.54) is 0 Å². The molecule has 1 saturated heterocycles. The lowest BCUT2D eigenvalue weighted by atomic mass is 9.98. The van der Waals surface area contributed by atoms with Crippen LogP contribution in [0.5, 0.6) is 0 Å². The molecule has 33 heavy (non-hydrogen) atoms. The highest BCUT2D eigenvalue weighted by Crippen LogP contribution is 2.44. The molecule has 1 heterocycles. The lowest BCUT2D eigenvalue weighted by molar-refractivity contribution is -0.141. The topological polar surface area (TPSA) is 114 Å². The third-order valence-electron chi connectivity index (χ3n) is 6.16. The summed E-state index contributed by atoms with van der Waals surface area (Å²) in [7, 11) is 0. The van der Waals surface area contributed by atoms with Gasteiger partial charge in [-0.1, -0.05) is 48.5 Å². The van der Waals surface area contributed by atoms with Crippen LogP contribution in [0.3, 0.4) is 0 Å². The van der Waals surface area contributed by atoms with Crippen LogP contribution in [-0.2, 0) is 19.1 Å². The van der Waals surface area contributed by atoms with Crippen molar-refractivity contribution in [2.75, 3.05) is 19.8 Å². The fraction of sp³-hybridized carbons (Fsp3) is 0.400. The quantitative estimate of drug-likeness (QED) is 0.568. The Labute approximate surface area is 192 Å². The molecule has 2 aromatic carbocycles. The minimum atomic E-state index is -0.884. The van der Waals surface area contributed by atoms with Gasteiger partial charge in [0.1, 0.15) is 6.61 Å². The highest BCUT2D eigenvalue weighted by atomic mass is 16.5. The van der Waals surface area contributed by atoms with E-state index in [1.54, 1.807) is 6.92 Å². The number of benzene rings is 2. The zero-order chi connectivity index (χ0) is 23.4. The lowest BCUT2D eigenvalue weighted by Crippen LogP contribution is -2.39. The molecule has 1 aliphatic carbocycles. The molecule has 2 aromatic rings. The Hall–Kier alpha value is -3.39. The summed E-state index contributed by atoms with van der Waals surface area (Å²) in [5.74, 6) is -1.68. The zero-order valence-electron chi connectivity index (χ0n) is 18.5. The second-order valence-corrected chi connectivity index (χ2v) is 8.61. The second kappa shape index (κ2) is 10.0. The van der Waals surface area contributed by atoms with Crippen LogP contribution in [-0.4, -0.2) is 55.0 Å². The van der Waals surface area contributed by atoms with Crippen LogP contribution in [0.25, 0.3) is 11.1 Å². The maximum absolute atomic E-state index is 12.3. The first-order valence-corrected chi connectivity index (χ1v) is 11.1. The number of hydrogen-bond donors (Lipinski definition) is 3. The van der Waals surface area contributed by atoms with Gasteiger partial charge in [0.2, 0.25) is 5.91 Å². The van der Waals surface area contributed by atoms with Crippen LogP contribution in [0.1, 0.15) is 36.8 Å². The molecule has 3 atom stereocenters. The fourth-order valence-corrected chi connectivity index (χ4v) is 4.49. The number of ether oxygens (including phenoxy) is 2. The standard InChI is InChI=1S/C25H28N2O6/c1-15(10-23(28)26-12-17-11-16(13-32-17)24(29)30)27-25(31)33-14-22-20-8-4-2-6-18(20)19-7-3-5-9-21(19)22/h2-9,15-17,22H,10-14H2,1H3,(H,26,28)(H,27,31)(H,29,30)/t15?,16-,17-/m0/s1. The van der Waals surface area contributed by atoms with E-state index in [0.29, 0.717) is 6.42 Å². The van der Waals surface area contributed by atoms with Gasteiger partial charge in [0, 0.05) is 24.9 Å². The van der Waals surface area contributed by atoms with Crippen LogP contribution in [0.4, 0.5) is 4.79 Å². The number of aliphatic carboxylic acids is 1. The molecule has 0 bridgehead atoms. The molecular weight excluding hydrogens is 424 g/mol. The van der Waals surface area contributed by atoms with Gasteiger partial charge in [-0.15, -0.1) is 0 Å². The van der Waals surface area contributed by atoms with Gasteiger partial charge in [-0.3, -0.25) is 9.59 Å². The lowest BCUT2D eigenvalue weighted by Gasteiger charge is -2.17. The monoisotopic (exact) mass is 452 g/mol. The van der Waals surface area contributed by atoms with Crippen molar-refractivity contribution < 1.29 is 29.0 Å². The van der Waals surface area contributed by atoms with Crippen molar-refractivity contribution in [2.24, 2.45) is 5.92 Å². The Morgan fingerprint density at radius 3 is 2.33 bits per heavy atom. The molecule has 4 rings (SSSR count). The Bertz CT molecular complexity index is 994. The maximum Gasteiger partial charge on any atom is 0.407 e. The molecule has 2 aliphatic rings. The van der Waals surface area contributed by atoms with Crippen LogP contribution in [0.2, 0.25) is 0 Å². The largest absolute Gasteiger partial charge is 0.481 e. The molecule has 8 heteroatoms. The first kappa shape index (κ1) is 22.8. The molecule has 2 amide bonds. The van der Waals surface area contributed by atoms with Gasteiger partial charge < -0.3 is 25.2 Å². The number of carboxylic acids is 1. The number of rotatable bonds is 8. The van der Waals surface area contributed by atoms with E-state index in [4.69, 9.17) is 14.6 Å². The van der Waals surface area contributed by atoms with Crippen molar-refractivity contribution >= 4 is 18.0 Å². The molecule has 0 radical (unpaired) electrons. The molecule has 0 aromatic heterocycles. The SMILES string of the molecule is CC(CC(=O)NC[C@@H]1C[C@H](C(=O)O)CO1)NC(=O)OCC1c2ccccc2-c2ccccc21. The van der Waals surface area contributed by atoms with Gasteiger partial charge in [0.15, 0.2) is 0 Å². The summed E-state index contributed by atoms with van der Waals surface area (Å²) in [6.45, 7) is 2.35. The van der Waals surface area contributed by atoms with Crippen molar-refractivity contribution in [1.82, 2.24) is 10.6 Å². The summed E-state index contributed by atoms with van der Waals surface area (Å²) in [5.41, 5.74) is 4.59. The third-order valence-corrected chi connectivity index (χ3v) is 6.16. The Balaban J connectivity index is 1.22. The number of amides is 2. The van der Waals surface area contributed by atoms with E-state index >= 15 is 0 Å². The van der Waals surface area contributed by atoms with Crippen molar-refractivity contribution in [3.05, 3.63) is 59.7 Å². The maximum atomic E-state index is 12.3. The van der Waals surface area contributed by atoms with Crippen LogP contribution in [0, 0.1) is 5.92 Å². The van der Waals surface area contributed by atoms with Crippen molar-refractivity contribution in [2.45, 2.75) is 37.8 Å². The number of fused-ring (bicyclic) bond motifs is 3. The minimum absolute atomic E-state index is 0.0252. The normalized spacial score (nSPS) is 19.9. The number of nitrogens with one attached hydrogen (secondary N) is 2. The highest BCUT2D eigenvalue weighted by Gasteiger charge is 2.31.